The Morgan fingerprint density at radius 3 is 2.56 bits per heavy atom. The topological polar surface area (TPSA) is 149 Å². The van der Waals surface area contributed by atoms with Crippen LogP contribution in [0.5, 0.6) is 5.75 Å². The standard InChI is InChI=1S/C29H42N8O4/c1-3-22-28(31-19-5-8-21(38)9-6-19)34-29(26(33-22)27(30)40)32-20-7-10-24-23(17-20)37(25(39)18-41-24)12-4-11-36-15-13-35(2)14-16-36/h7,10,17,19,21,38H,3-6,8-9,11-16,18H2,1-2H3,(H2,30,40)(H2,31,32,34)/t19-,21-. The first kappa shape index (κ1) is 29.0. The van der Waals surface area contributed by atoms with Crippen LogP contribution in [0.25, 0.3) is 0 Å². The lowest BCUT2D eigenvalue weighted by Gasteiger charge is -2.34. The summed E-state index contributed by atoms with van der Waals surface area (Å²) >= 11 is 0. The number of hydrogen-bond acceptors (Lipinski definition) is 10. The number of primary amides is 1. The number of nitrogens with two attached hydrogens (primary N) is 1. The van der Waals surface area contributed by atoms with Gasteiger partial charge in [0.25, 0.3) is 11.8 Å². The molecule has 1 aromatic heterocycles. The Kier molecular flexibility index (Phi) is 9.21. The van der Waals surface area contributed by atoms with Gasteiger partial charge in [0, 0.05) is 44.5 Å². The summed E-state index contributed by atoms with van der Waals surface area (Å²) in [7, 11) is 2.14. The number of piperazine rings is 1. The SMILES string of the molecule is CCc1nc(C(N)=O)c(Nc2ccc3c(c2)N(CCCN2CCN(C)CC2)C(=O)CO3)nc1N[C@H]1CC[C@H](O)CC1. The lowest BCUT2D eigenvalue weighted by molar-refractivity contribution is -0.121. The highest BCUT2D eigenvalue weighted by Crippen LogP contribution is 2.36. The summed E-state index contributed by atoms with van der Waals surface area (Å²) in [4.78, 5) is 41.1. The number of nitrogens with one attached hydrogen (secondary N) is 2. The molecule has 1 aliphatic carbocycles. The van der Waals surface area contributed by atoms with Crippen molar-refractivity contribution in [3.63, 3.8) is 0 Å². The predicted octanol–water partition coefficient (Wildman–Crippen LogP) is 1.96. The quantitative estimate of drug-likeness (QED) is 0.336. The summed E-state index contributed by atoms with van der Waals surface area (Å²) in [6, 6.07) is 5.66. The number of aromatic nitrogens is 2. The zero-order valence-corrected chi connectivity index (χ0v) is 24.1. The van der Waals surface area contributed by atoms with E-state index in [0.717, 1.165) is 64.8 Å². The van der Waals surface area contributed by atoms with Crippen LogP contribution < -0.4 is 26.0 Å². The van der Waals surface area contributed by atoms with E-state index >= 15 is 0 Å². The van der Waals surface area contributed by atoms with Crippen molar-refractivity contribution in [2.75, 3.05) is 68.5 Å². The Hall–Kier alpha value is -3.48. The Balaban J connectivity index is 1.34. The second-order valence-corrected chi connectivity index (χ2v) is 11.2. The van der Waals surface area contributed by atoms with E-state index in [-0.39, 0.29) is 36.2 Å². The van der Waals surface area contributed by atoms with Gasteiger partial charge < -0.3 is 40.9 Å². The third-order valence-corrected chi connectivity index (χ3v) is 8.19. The van der Waals surface area contributed by atoms with Crippen molar-refractivity contribution in [2.45, 2.75) is 57.6 Å². The molecule has 0 atom stereocenters. The number of nitrogens with zero attached hydrogens (tertiary/aromatic N) is 5. The summed E-state index contributed by atoms with van der Waals surface area (Å²) in [5.41, 5.74) is 7.74. The minimum atomic E-state index is -0.677. The monoisotopic (exact) mass is 566 g/mol. The molecule has 2 amide bonds. The number of fused-ring (bicyclic) bond motifs is 1. The maximum absolute atomic E-state index is 12.9. The zero-order chi connectivity index (χ0) is 28.9. The lowest BCUT2D eigenvalue weighted by atomic mass is 9.93. The average Bonchev–Trinajstić information content (AvgIpc) is 2.96. The second-order valence-electron chi connectivity index (χ2n) is 11.2. The van der Waals surface area contributed by atoms with Crippen LogP contribution in [0.2, 0.25) is 0 Å². The fourth-order valence-corrected chi connectivity index (χ4v) is 5.69. The highest BCUT2D eigenvalue weighted by Gasteiger charge is 2.27. The van der Waals surface area contributed by atoms with Crippen molar-refractivity contribution in [2.24, 2.45) is 5.73 Å². The fourth-order valence-electron chi connectivity index (χ4n) is 5.69. The molecule has 3 aliphatic rings. The molecule has 0 bridgehead atoms. The Bertz CT molecular complexity index is 1240. The molecule has 2 aliphatic heterocycles. The van der Waals surface area contributed by atoms with Crippen molar-refractivity contribution in [1.29, 1.82) is 0 Å². The van der Waals surface area contributed by atoms with Crippen LogP contribution in [0.4, 0.5) is 23.0 Å². The van der Waals surface area contributed by atoms with Gasteiger partial charge in [-0.05, 0) is 70.3 Å². The van der Waals surface area contributed by atoms with Crippen molar-refractivity contribution in [3.8, 4) is 5.75 Å². The molecule has 2 fully saturated rings. The molecule has 2 aromatic rings. The average molecular weight is 567 g/mol. The molecule has 0 radical (unpaired) electrons. The number of aliphatic hydroxyl groups is 1. The van der Waals surface area contributed by atoms with Crippen LogP contribution in [0.1, 0.15) is 55.2 Å². The van der Waals surface area contributed by atoms with E-state index in [1.807, 2.05) is 25.1 Å². The zero-order valence-electron chi connectivity index (χ0n) is 24.1. The van der Waals surface area contributed by atoms with Crippen LogP contribution in [0.3, 0.4) is 0 Å². The van der Waals surface area contributed by atoms with Gasteiger partial charge in [0.05, 0.1) is 17.5 Å². The Labute approximate surface area is 241 Å². The predicted molar refractivity (Wildman–Crippen MR) is 158 cm³/mol. The van der Waals surface area contributed by atoms with Crippen LogP contribution in [-0.2, 0) is 11.2 Å². The van der Waals surface area contributed by atoms with Gasteiger partial charge in [-0.25, -0.2) is 9.97 Å². The normalized spacial score (nSPS) is 21.7. The molecule has 1 aromatic carbocycles. The van der Waals surface area contributed by atoms with Crippen molar-refractivity contribution in [1.82, 2.24) is 19.8 Å². The van der Waals surface area contributed by atoms with E-state index in [2.05, 4.69) is 32.5 Å². The molecule has 12 nitrogen and oxygen atoms in total. The van der Waals surface area contributed by atoms with Crippen LogP contribution in [0.15, 0.2) is 18.2 Å². The number of aryl methyl sites for hydroxylation is 1. The number of rotatable bonds is 10. The number of likely N-dealkylation sites (N-methyl/N-ethyl adjacent to an activating group) is 1. The first-order valence-electron chi connectivity index (χ1n) is 14.7. The molecule has 222 valence electrons. The van der Waals surface area contributed by atoms with Gasteiger partial charge in [0.2, 0.25) is 0 Å². The maximum atomic E-state index is 12.9. The summed E-state index contributed by atoms with van der Waals surface area (Å²) in [6.45, 7) is 7.69. The highest BCUT2D eigenvalue weighted by atomic mass is 16.5. The number of hydrogen-bond donors (Lipinski definition) is 4. The Morgan fingerprint density at radius 1 is 1.10 bits per heavy atom. The number of ether oxygens (including phenoxy) is 1. The summed E-state index contributed by atoms with van der Waals surface area (Å²) < 4.78 is 5.72. The molecule has 0 spiro atoms. The largest absolute Gasteiger partial charge is 0.482 e. The lowest BCUT2D eigenvalue weighted by Crippen LogP contribution is -2.46. The molecular formula is C29H42N8O4. The molecule has 1 saturated heterocycles. The molecule has 1 saturated carbocycles. The van der Waals surface area contributed by atoms with E-state index in [1.54, 1.807) is 4.90 Å². The first-order valence-corrected chi connectivity index (χ1v) is 14.7. The van der Waals surface area contributed by atoms with Crippen LogP contribution >= 0.6 is 0 Å². The van der Waals surface area contributed by atoms with Gasteiger partial charge in [-0.2, -0.15) is 0 Å². The molecule has 5 N–H and O–H groups in total. The van der Waals surface area contributed by atoms with E-state index in [4.69, 9.17) is 15.5 Å². The number of carbonyl (C=O) groups is 2. The van der Waals surface area contributed by atoms with Crippen LogP contribution in [0, 0.1) is 0 Å². The smallest absolute Gasteiger partial charge is 0.271 e. The minimum Gasteiger partial charge on any atom is -0.482 e. The third-order valence-electron chi connectivity index (χ3n) is 8.19. The number of benzene rings is 1. The molecule has 0 unspecified atom stereocenters. The molecule has 41 heavy (non-hydrogen) atoms. The second kappa shape index (κ2) is 13.0. The van der Waals surface area contributed by atoms with Gasteiger partial charge in [-0.3, -0.25) is 9.59 Å². The van der Waals surface area contributed by atoms with E-state index < -0.39 is 5.91 Å². The summed E-state index contributed by atoms with van der Waals surface area (Å²) in [5, 5.41) is 16.6. The minimum absolute atomic E-state index is 0.0112. The molecule has 12 heteroatoms. The first-order chi connectivity index (χ1) is 19.8. The molecule has 5 rings (SSSR count). The third kappa shape index (κ3) is 7.06. The molecule has 3 heterocycles. The summed E-state index contributed by atoms with van der Waals surface area (Å²) in [5.74, 6) is 0.728. The van der Waals surface area contributed by atoms with Crippen LogP contribution in [-0.4, -0.2) is 102 Å². The van der Waals surface area contributed by atoms with Gasteiger partial charge in [0.15, 0.2) is 18.1 Å². The van der Waals surface area contributed by atoms with Gasteiger partial charge in [-0.15, -0.1) is 0 Å². The van der Waals surface area contributed by atoms with Gasteiger partial charge in [-0.1, -0.05) is 6.92 Å². The number of carbonyl (C=O) groups excluding carboxylic acids is 2. The van der Waals surface area contributed by atoms with Gasteiger partial charge >= 0.3 is 0 Å². The van der Waals surface area contributed by atoms with E-state index in [0.29, 0.717) is 41.6 Å². The van der Waals surface area contributed by atoms with E-state index in [9.17, 15) is 14.7 Å². The van der Waals surface area contributed by atoms with Crippen molar-refractivity contribution >= 4 is 34.8 Å². The van der Waals surface area contributed by atoms with Gasteiger partial charge in [0.1, 0.15) is 11.6 Å². The number of aliphatic hydroxyl groups excluding tert-OH is 1. The number of amides is 2. The van der Waals surface area contributed by atoms with E-state index in [1.165, 1.54) is 0 Å². The maximum Gasteiger partial charge on any atom is 0.271 e. The highest BCUT2D eigenvalue weighted by molar-refractivity contribution is 5.99. The van der Waals surface area contributed by atoms with Crippen molar-refractivity contribution < 1.29 is 19.4 Å². The molecular weight excluding hydrogens is 524 g/mol. The Morgan fingerprint density at radius 2 is 1.85 bits per heavy atom. The number of anilines is 4. The fraction of sp³-hybridized carbons (Fsp3) is 0.586. The van der Waals surface area contributed by atoms with Crippen molar-refractivity contribution in [3.05, 3.63) is 29.6 Å². The summed E-state index contributed by atoms with van der Waals surface area (Å²) in [6.07, 6.45) is 4.30.